The van der Waals surface area contributed by atoms with Crippen molar-refractivity contribution < 1.29 is 36.7 Å². The van der Waals surface area contributed by atoms with Gasteiger partial charge in [-0.25, -0.2) is 17.5 Å². The van der Waals surface area contributed by atoms with Crippen molar-refractivity contribution in [2.24, 2.45) is 10.4 Å². The molecule has 0 aromatic heterocycles. The maximum absolute atomic E-state index is 15.2. The van der Waals surface area contributed by atoms with E-state index in [-0.39, 0.29) is 48.5 Å². The van der Waals surface area contributed by atoms with Gasteiger partial charge in [0.15, 0.2) is 11.5 Å². The zero-order valence-electron chi connectivity index (χ0n) is 34.7. The van der Waals surface area contributed by atoms with E-state index < -0.39 is 43.7 Å². The molecule has 8 rings (SSSR count). The van der Waals surface area contributed by atoms with Crippen LogP contribution in [-0.2, 0) is 21.2 Å². The number of nitro benzene ring substituents is 1. The van der Waals surface area contributed by atoms with Crippen molar-refractivity contribution in [1.82, 2.24) is 9.62 Å². The molecule has 16 heteroatoms. The third-order valence-corrected chi connectivity index (χ3v) is 13.7. The molecule has 0 bridgehead atoms. The number of amides is 1. The van der Waals surface area contributed by atoms with Crippen molar-refractivity contribution in [3.63, 3.8) is 0 Å². The highest BCUT2D eigenvalue weighted by Crippen LogP contribution is 2.44. The Morgan fingerprint density at radius 1 is 0.968 bits per heavy atom. The number of carbonyl (C=O) groups excluding carboxylic acids is 1. The first-order valence-electron chi connectivity index (χ1n) is 20.8. The van der Waals surface area contributed by atoms with Crippen molar-refractivity contribution >= 4 is 56.4 Å². The number of benzene rings is 4. The summed E-state index contributed by atoms with van der Waals surface area (Å²) in [4.78, 5) is 33.8. The monoisotopic (exact) mass is 885 g/mol. The summed E-state index contributed by atoms with van der Waals surface area (Å²) in [6, 6.07) is 21.6. The summed E-state index contributed by atoms with van der Waals surface area (Å²) in [5.41, 5.74) is 4.14. The Bertz CT molecular complexity index is 2530. The van der Waals surface area contributed by atoms with Gasteiger partial charge < -0.3 is 19.1 Å². The minimum absolute atomic E-state index is 0.0626. The lowest BCUT2D eigenvalue weighted by atomic mass is 9.72. The molecular weight excluding hydrogens is 837 g/mol. The number of nitro groups is 1. The van der Waals surface area contributed by atoms with E-state index in [1.807, 2.05) is 24.3 Å². The average Bonchev–Trinajstić information content (AvgIpc) is 3.74. The molecule has 0 atom stereocenters. The Kier molecular flexibility index (Phi) is 12.4. The molecule has 1 aliphatic carbocycles. The predicted octanol–water partition coefficient (Wildman–Crippen LogP) is 9.10. The molecule has 3 aliphatic heterocycles. The van der Waals surface area contributed by atoms with Crippen LogP contribution >= 0.6 is 11.6 Å². The minimum Gasteiger partial charge on any atom is -0.483 e. The van der Waals surface area contributed by atoms with Gasteiger partial charge in [-0.2, -0.15) is 0 Å². The van der Waals surface area contributed by atoms with Crippen LogP contribution < -0.4 is 19.1 Å². The van der Waals surface area contributed by atoms with Gasteiger partial charge in [0, 0.05) is 94.3 Å². The molecular formula is C46H49ClFN5O8S. The quantitative estimate of drug-likeness (QED) is 0.102. The zero-order valence-corrected chi connectivity index (χ0v) is 36.3. The molecule has 62 heavy (non-hydrogen) atoms. The number of nitrogens with one attached hydrogen (secondary N) is 1. The van der Waals surface area contributed by atoms with Crippen LogP contribution in [0.3, 0.4) is 0 Å². The number of fused-ring (bicyclic) bond motifs is 1. The Hall–Kier alpha value is -5.35. The van der Waals surface area contributed by atoms with E-state index in [0.717, 1.165) is 73.4 Å². The molecule has 326 valence electrons. The van der Waals surface area contributed by atoms with E-state index in [4.69, 9.17) is 25.8 Å². The fraction of sp³-hybridized carbons (Fsp3) is 0.391. The molecule has 2 saturated heterocycles. The molecule has 1 N–H and O–H groups in total. The SMILES string of the molecule is CC1(C)CCC(CN2CCN(c3ccc(C(=O)NS(=O)(=O)c4ccc(OCC5(F)CCOCC5)c([N+](=O)[O-])c4)c(Oc4cccc5c4N=CC5)c3)CC2)=C(c2ccc(Cl)cc2)C1. The van der Waals surface area contributed by atoms with Crippen molar-refractivity contribution in [3.05, 3.63) is 116 Å². The second kappa shape index (κ2) is 17.8. The van der Waals surface area contributed by atoms with Crippen LogP contribution in [0.2, 0.25) is 5.02 Å². The minimum atomic E-state index is -4.66. The van der Waals surface area contributed by atoms with Crippen LogP contribution in [0.25, 0.3) is 5.57 Å². The predicted molar refractivity (Wildman–Crippen MR) is 237 cm³/mol. The van der Waals surface area contributed by atoms with Crippen LogP contribution in [-0.4, -0.2) is 88.6 Å². The van der Waals surface area contributed by atoms with E-state index >= 15 is 4.39 Å². The van der Waals surface area contributed by atoms with Crippen LogP contribution in [0.4, 0.5) is 21.5 Å². The lowest BCUT2D eigenvalue weighted by Gasteiger charge is -2.39. The van der Waals surface area contributed by atoms with E-state index in [1.54, 1.807) is 24.4 Å². The Balaban J connectivity index is 1.01. The van der Waals surface area contributed by atoms with Gasteiger partial charge in [-0.1, -0.05) is 55.3 Å². The Morgan fingerprint density at radius 2 is 1.73 bits per heavy atom. The number of alkyl halides is 1. The second-order valence-electron chi connectivity index (χ2n) is 17.1. The molecule has 1 amide bonds. The topological polar surface area (TPSA) is 153 Å². The maximum atomic E-state index is 15.2. The lowest BCUT2D eigenvalue weighted by molar-refractivity contribution is -0.386. The summed E-state index contributed by atoms with van der Waals surface area (Å²) in [5.74, 6) is -0.794. The van der Waals surface area contributed by atoms with Crippen LogP contribution in [0, 0.1) is 15.5 Å². The van der Waals surface area contributed by atoms with E-state index in [1.165, 1.54) is 22.8 Å². The van der Waals surface area contributed by atoms with Crippen molar-refractivity contribution in [2.45, 2.75) is 62.9 Å². The molecule has 2 fully saturated rings. The van der Waals surface area contributed by atoms with Gasteiger partial charge in [0.2, 0.25) is 0 Å². The van der Waals surface area contributed by atoms with Gasteiger partial charge in [-0.05, 0) is 83.8 Å². The van der Waals surface area contributed by atoms with Gasteiger partial charge in [0.05, 0.1) is 15.4 Å². The highest BCUT2D eigenvalue weighted by molar-refractivity contribution is 7.90. The first-order valence-corrected chi connectivity index (χ1v) is 22.7. The van der Waals surface area contributed by atoms with Gasteiger partial charge in [-0.3, -0.25) is 24.8 Å². The molecule has 4 aliphatic rings. The van der Waals surface area contributed by atoms with Crippen molar-refractivity contribution in [3.8, 4) is 17.2 Å². The Morgan fingerprint density at radius 3 is 2.47 bits per heavy atom. The summed E-state index contributed by atoms with van der Waals surface area (Å²) in [6.45, 7) is 8.46. The maximum Gasteiger partial charge on any atom is 0.312 e. The summed E-state index contributed by atoms with van der Waals surface area (Å²) >= 11 is 6.24. The average molecular weight is 886 g/mol. The van der Waals surface area contributed by atoms with E-state index in [9.17, 15) is 23.3 Å². The summed E-state index contributed by atoms with van der Waals surface area (Å²) in [6.07, 6.45) is 5.68. The van der Waals surface area contributed by atoms with Gasteiger partial charge in [-0.15, -0.1) is 0 Å². The van der Waals surface area contributed by atoms with Gasteiger partial charge >= 0.3 is 5.69 Å². The largest absolute Gasteiger partial charge is 0.483 e. The normalized spacial score (nSPS) is 18.6. The number of carbonyl (C=O) groups is 1. The van der Waals surface area contributed by atoms with Crippen LogP contribution in [0.15, 0.2) is 94.3 Å². The molecule has 0 radical (unpaired) electrons. The first-order chi connectivity index (χ1) is 29.7. The first kappa shape index (κ1) is 43.3. The number of nitrogens with zero attached hydrogens (tertiary/aromatic N) is 4. The number of halogens is 2. The number of para-hydroxylation sites is 1. The number of hydrogen-bond acceptors (Lipinski definition) is 11. The standard InChI is InChI=1S/C46H49ClFN5O8S/c1-45(2)16-14-33(38(28-45)31-6-8-34(47)9-7-31)29-51-20-22-52(23-21-51)35-10-12-37(42(26-35)61-41-5-3-4-32-15-19-49-43(32)41)44(54)50-62(57,58)36-11-13-40(39(27-36)53(55)56)60-30-46(48)17-24-59-25-18-46/h3-13,19,26-27H,14-18,20-25,28-30H2,1-2H3,(H,50,54). The van der Waals surface area contributed by atoms with Crippen LogP contribution in [0.5, 0.6) is 17.2 Å². The molecule has 13 nitrogen and oxygen atoms in total. The summed E-state index contributed by atoms with van der Waals surface area (Å²) in [5, 5.41) is 12.8. The van der Waals surface area contributed by atoms with Crippen LogP contribution in [0.1, 0.15) is 67.4 Å². The Labute approximate surface area is 365 Å². The molecule has 3 heterocycles. The molecule has 0 spiro atoms. The van der Waals surface area contributed by atoms with Crippen molar-refractivity contribution in [2.75, 3.05) is 57.4 Å². The molecule has 0 unspecified atom stereocenters. The van der Waals surface area contributed by atoms with Gasteiger partial charge in [0.25, 0.3) is 15.9 Å². The third-order valence-electron chi connectivity index (χ3n) is 12.1. The summed E-state index contributed by atoms with van der Waals surface area (Å²) < 4.78 is 61.7. The third kappa shape index (κ3) is 9.81. The fourth-order valence-electron chi connectivity index (χ4n) is 8.45. The molecule has 4 aromatic carbocycles. The molecule has 4 aromatic rings. The van der Waals surface area contributed by atoms with E-state index in [2.05, 4.69) is 45.5 Å². The number of sulfonamides is 1. The highest BCUT2D eigenvalue weighted by atomic mass is 35.5. The number of allylic oxidation sites excluding steroid dienone is 1. The van der Waals surface area contributed by atoms with E-state index in [0.29, 0.717) is 30.9 Å². The summed E-state index contributed by atoms with van der Waals surface area (Å²) in [7, 11) is -4.66. The number of hydrogen-bond donors (Lipinski definition) is 1. The van der Waals surface area contributed by atoms with Crippen molar-refractivity contribution in [1.29, 1.82) is 0 Å². The zero-order chi connectivity index (χ0) is 43.6. The lowest BCUT2D eigenvalue weighted by Crippen LogP contribution is -2.47. The smallest absolute Gasteiger partial charge is 0.312 e. The number of anilines is 1. The fourth-order valence-corrected chi connectivity index (χ4v) is 9.56. The number of rotatable bonds is 13. The number of ether oxygens (including phenoxy) is 3. The van der Waals surface area contributed by atoms with Gasteiger partial charge in [0.1, 0.15) is 23.7 Å². The highest BCUT2D eigenvalue weighted by Gasteiger charge is 2.35. The number of piperazine rings is 1. The number of aliphatic imine (C=N–C) groups is 1. The molecule has 0 saturated carbocycles. The second-order valence-corrected chi connectivity index (χ2v) is 19.2.